The fraction of sp³-hybridized carbons (Fsp3) is 0.444. The van der Waals surface area contributed by atoms with Gasteiger partial charge in [-0.05, 0) is 18.1 Å². The van der Waals surface area contributed by atoms with Crippen LogP contribution < -0.4 is 0 Å². The monoisotopic (exact) mass is 328 g/mol. The standard InChI is InChI=1S/C18H24N4O2/c1-15-11-19-22(12-15)14-18(24)21-9-7-20(8-10-21)13-17(23)16-5-3-2-4-6-16/h2-6,11-12,17,23H,7-10,13-14H2,1H3/t17-/m1/s1. The van der Waals surface area contributed by atoms with Crippen LogP contribution in [-0.4, -0.2) is 63.3 Å². The largest absolute Gasteiger partial charge is 0.387 e. The summed E-state index contributed by atoms with van der Waals surface area (Å²) in [7, 11) is 0. The number of hydrogen-bond donors (Lipinski definition) is 1. The van der Waals surface area contributed by atoms with Crippen molar-refractivity contribution in [3.05, 3.63) is 53.9 Å². The number of carbonyl (C=O) groups is 1. The molecule has 1 atom stereocenters. The molecule has 0 unspecified atom stereocenters. The molecule has 1 fully saturated rings. The van der Waals surface area contributed by atoms with Crippen molar-refractivity contribution in [2.75, 3.05) is 32.7 Å². The zero-order valence-electron chi connectivity index (χ0n) is 14.0. The summed E-state index contributed by atoms with van der Waals surface area (Å²) >= 11 is 0. The van der Waals surface area contributed by atoms with Gasteiger partial charge in [0.25, 0.3) is 0 Å². The number of benzene rings is 1. The van der Waals surface area contributed by atoms with Gasteiger partial charge in [-0.25, -0.2) is 0 Å². The van der Waals surface area contributed by atoms with E-state index >= 15 is 0 Å². The minimum absolute atomic E-state index is 0.0985. The Morgan fingerprint density at radius 3 is 2.54 bits per heavy atom. The van der Waals surface area contributed by atoms with Crippen LogP contribution in [0.4, 0.5) is 0 Å². The predicted molar refractivity (Wildman–Crippen MR) is 91.4 cm³/mol. The molecule has 2 heterocycles. The zero-order chi connectivity index (χ0) is 16.9. The highest BCUT2D eigenvalue weighted by atomic mass is 16.3. The van der Waals surface area contributed by atoms with Gasteiger partial charge in [0.1, 0.15) is 6.54 Å². The fourth-order valence-corrected chi connectivity index (χ4v) is 3.00. The SMILES string of the molecule is Cc1cnn(CC(=O)N2CCN(C[C@@H](O)c3ccccc3)CC2)c1. The fourth-order valence-electron chi connectivity index (χ4n) is 3.00. The summed E-state index contributed by atoms with van der Waals surface area (Å²) in [5.74, 6) is 0.0985. The second-order valence-electron chi connectivity index (χ2n) is 6.32. The number of rotatable bonds is 5. The van der Waals surface area contributed by atoms with Crippen LogP contribution in [0.1, 0.15) is 17.2 Å². The van der Waals surface area contributed by atoms with Crippen molar-refractivity contribution in [3.8, 4) is 0 Å². The number of piperazine rings is 1. The van der Waals surface area contributed by atoms with E-state index < -0.39 is 6.10 Å². The van der Waals surface area contributed by atoms with Gasteiger partial charge in [0, 0.05) is 38.9 Å². The third-order valence-electron chi connectivity index (χ3n) is 4.40. The van der Waals surface area contributed by atoms with E-state index in [1.807, 2.05) is 48.4 Å². The van der Waals surface area contributed by atoms with E-state index in [4.69, 9.17) is 0 Å². The van der Waals surface area contributed by atoms with Crippen LogP contribution in [0.5, 0.6) is 0 Å². The molecule has 128 valence electrons. The Labute approximate surface area is 142 Å². The van der Waals surface area contributed by atoms with Crippen LogP contribution >= 0.6 is 0 Å². The van der Waals surface area contributed by atoms with Crippen LogP contribution in [0.3, 0.4) is 0 Å². The summed E-state index contributed by atoms with van der Waals surface area (Å²) in [5.41, 5.74) is 1.99. The molecule has 1 aliphatic heterocycles. The van der Waals surface area contributed by atoms with Gasteiger partial charge < -0.3 is 10.0 Å². The number of hydrogen-bond acceptors (Lipinski definition) is 4. The highest BCUT2D eigenvalue weighted by Gasteiger charge is 2.23. The molecule has 3 rings (SSSR count). The molecule has 1 aromatic carbocycles. The molecule has 2 aromatic rings. The van der Waals surface area contributed by atoms with E-state index in [1.54, 1.807) is 10.9 Å². The van der Waals surface area contributed by atoms with Gasteiger partial charge in [0.2, 0.25) is 5.91 Å². The number of aryl methyl sites for hydroxylation is 1. The topological polar surface area (TPSA) is 61.6 Å². The maximum atomic E-state index is 12.3. The first-order chi connectivity index (χ1) is 11.6. The molecule has 0 bridgehead atoms. The molecule has 0 spiro atoms. The number of carbonyl (C=O) groups excluding carboxylic acids is 1. The van der Waals surface area contributed by atoms with E-state index in [0.717, 1.165) is 24.2 Å². The van der Waals surface area contributed by atoms with Crippen molar-refractivity contribution in [3.63, 3.8) is 0 Å². The minimum Gasteiger partial charge on any atom is -0.387 e. The Kier molecular flexibility index (Phi) is 5.27. The molecule has 1 N–H and O–H groups in total. The molecular formula is C18H24N4O2. The first kappa shape index (κ1) is 16.7. The summed E-state index contributed by atoms with van der Waals surface area (Å²) in [5, 5.41) is 14.5. The smallest absolute Gasteiger partial charge is 0.244 e. The van der Waals surface area contributed by atoms with Crippen LogP contribution in [0.2, 0.25) is 0 Å². The number of amides is 1. The summed E-state index contributed by atoms with van der Waals surface area (Å²) < 4.78 is 1.68. The average Bonchev–Trinajstić information content (AvgIpc) is 3.01. The average molecular weight is 328 g/mol. The van der Waals surface area contributed by atoms with Crippen molar-refractivity contribution < 1.29 is 9.90 Å². The molecule has 24 heavy (non-hydrogen) atoms. The summed E-state index contributed by atoms with van der Waals surface area (Å²) in [6.45, 7) is 5.82. The molecule has 1 saturated heterocycles. The highest BCUT2D eigenvalue weighted by Crippen LogP contribution is 2.15. The highest BCUT2D eigenvalue weighted by molar-refractivity contribution is 5.76. The van der Waals surface area contributed by atoms with Crippen LogP contribution in [-0.2, 0) is 11.3 Å². The summed E-state index contributed by atoms with van der Waals surface area (Å²) in [6, 6.07) is 9.70. The van der Waals surface area contributed by atoms with E-state index in [-0.39, 0.29) is 5.91 Å². The Bertz CT molecular complexity index is 663. The van der Waals surface area contributed by atoms with Gasteiger partial charge in [-0.2, -0.15) is 5.10 Å². The maximum absolute atomic E-state index is 12.3. The zero-order valence-corrected chi connectivity index (χ0v) is 14.0. The van der Waals surface area contributed by atoms with Gasteiger partial charge in [-0.1, -0.05) is 30.3 Å². The number of β-amino-alcohol motifs (C(OH)–C–C–N with tert-alkyl or cyclic N) is 1. The summed E-state index contributed by atoms with van der Waals surface area (Å²) in [4.78, 5) is 16.4. The lowest BCUT2D eigenvalue weighted by Crippen LogP contribution is -2.50. The molecule has 6 nitrogen and oxygen atoms in total. The van der Waals surface area contributed by atoms with Crippen LogP contribution in [0.25, 0.3) is 0 Å². The van der Waals surface area contributed by atoms with E-state index in [0.29, 0.717) is 26.2 Å². The predicted octanol–water partition coefficient (Wildman–Crippen LogP) is 1.07. The number of nitrogens with zero attached hydrogens (tertiary/aromatic N) is 4. The normalized spacial score (nSPS) is 17.0. The lowest BCUT2D eigenvalue weighted by Gasteiger charge is -2.35. The molecule has 0 saturated carbocycles. The number of aliphatic hydroxyl groups excluding tert-OH is 1. The number of aliphatic hydroxyl groups is 1. The van der Waals surface area contributed by atoms with Crippen molar-refractivity contribution >= 4 is 5.91 Å². The van der Waals surface area contributed by atoms with Crippen molar-refractivity contribution in [2.45, 2.75) is 19.6 Å². The summed E-state index contributed by atoms with van der Waals surface area (Å²) in [6.07, 6.45) is 3.15. The molecule has 6 heteroatoms. The second-order valence-corrected chi connectivity index (χ2v) is 6.32. The first-order valence-corrected chi connectivity index (χ1v) is 8.34. The van der Waals surface area contributed by atoms with Crippen molar-refractivity contribution in [1.82, 2.24) is 19.6 Å². The Morgan fingerprint density at radius 1 is 1.21 bits per heavy atom. The third kappa shape index (κ3) is 4.21. The lowest BCUT2D eigenvalue weighted by molar-refractivity contribution is -0.133. The van der Waals surface area contributed by atoms with Gasteiger partial charge in [-0.3, -0.25) is 14.4 Å². The second kappa shape index (κ2) is 7.59. The Morgan fingerprint density at radius 2 is 1.92 bits per heavy atom. The van der Waals surface area contributed by atoms with Gasteiger partial charge in [0.05, 0.1) is 12.3 Å². The molecule has 1 amide bonds. The van der Waals surface area contributed by atoms with Crippen LogP contribution in [0, 0.1) is 6.92 Å². The molecule has 0 radical (unpaired) electrons. The van der Waals surface area contributed by atoms with E-state index in [1.165, 1.54) is 0 Å². The van der Waals surface area contributed by atoms with Gasteiger partial charge in [0.15, 0.2) is 0 Å². The molecular weight excluding hydrogens is 304 g/mol. The maximum Gasteiger partial charge on any atom is 0.244 e. The van der Waals surface area contributed by atoms with Gasteiger partial charge in [-0.15, -0.1) is 0 Å². The third-order valence-corrected chi connectivity index (χ3v) is 4.40. The van der Waals surface area contributed by atoms with Gasteiger partial charge >= 0.3 is 0 Å². The van der Waals surface area contributed by atoms with E-state index in [2.05, 4.69) is 10.00 Å². The van der Waals surface area contributed by atoms with Crippen molar-refractivity contribution in [2.24, 2.45) is 0 Å². The molecule has 0 aliphatic carbocycles. The molecule has 1 aliphatic rings. The minimum atomic E-state index is -0.486. The van der Waals surface area contributed by atoms with E-state index in [9.17, 15) is 9.90 Å². The quantitative estimate of drug-likeness (QED) is 0.892. The Hall–Kier alpha value is -2.18. The number of aromatic nitrogens is 2. The Balaban J connectivity index is 1.46. The lowest BCUT2D eigenvalue weighted by atomic mass is 10.1. The first-order valence-electron chi connectivity index (χ1n) is 8.34. The molecule has 1 aromatic heterocycles. The van der Waals surface area contributed by atoms with Crippen molar-refractivity contribution in [1.29, 1.82) is 0 Å². The van der Waals surface area contributed by atoms with Crippen LogP contribution in [0.15, 0.2) is 42.7 Å².